The first-order chi connectivity index (χ1) is 11.6. The minimum atomic E-state index is -0.146. The van der Waals surface area contributed by atoms with Gasteiger partial charge in [-0.05, 0) is 17.5 Å². The molecule has 2 amide bonds. The molecule has 0 aliphatic carbocycles. The molecule has 4 rings (SSSR count). The third-order valence-corrected chi connectivity index (χ3v) is 4.68. The van der Waals surface area contributed by atoms with Crippen molar-refractivity contribution in [1.29, 1.82) is 0 Å². The van der Waals surface area contributed by atoms with Crippen molar-refractivity contribution in [2.75, 3.05) is 19.6 Å². The number of aryl methyl sites for hydroxylation is 1. The molecule has 1 unspecified atom stereocenters. The molecular weight excluding hydrogens is 308 g/mol. The van der Waals surface area contributed by atoms with Gasteiger partial charge in [-0.1, -0.05) is 29.4 Å². The molecule has 7 nitrogen and oxygen atoms in total. The molecule has 0 spiro atoms. The van der Waals surface area contributed by atoms with Gasteiger partial charge in [0.15, 0.2) is 5.82 Å². The average Bonchev–Trinajstić information content (AvgIpc) is 2.99. The van der Waals surface area contributed by atoms with Crippen LogP contribution in [0.4, 0.5) is 0 Å². The highest BCUT2D eigenvalue weighted by Crippen LogP contribution is 2.33. The smallest absolute Gasteiger partial charge is 0.242 e. The van der Waals surface area contributed by atoms with Gasteiger partial charge in [-0.25, -0.2) is 0 Å². The quantitative estimate of drug-likeness (QED) is 0.819. The summed E-state index contributed by atoms with van der Waals surface area (Å²) < 4.78 is 4.90. The predicted octanol–water partition coefficient (Wildman–Crippen LogP) is 0.889. The van der Waals surface area contributed by atoms with Gasteiger partial charge in [-0.15, -0.1) is 0 Å². The fraction of sp³-hybridized carbons (Fsp3) is 0.412. The van der Waals surface area contributed by atoms with Crippen molar-refractivity contribution in [2.45, 2.75) is 25.8 Å². The third kappa shape index (κ3) is 2.55. The van der Waals surface area contributed by atoms with Gasteiger partial charge in [0.05, 0.1) is 19.0 Å². The van der Waals surface area contributed by atoms with Gasteiger partial charge in [-0.2, -0.15) is 4.98 Å². The Labute approximate surface area is 139 Å². The van der Waals surface area contributed by atoms with Crippen molar-refractivity contribution >= 4 is 11.8 Å². The standard InChI is InChI=1S/C17H18N4O3/c1-11-18-15(19-24-11)8-16(22)20-9-14-13-5-3-2-4-12(13)6-7-21(14)17(23)10-20/h2-5,14H,6-10H2,1H3. The summed E-state index contributed by atoms with van der Waals surface area (Å²) >= 11 is 0. The van der Waals surface area contributed by atoms with Crippen LogP contribution in [0.3, 0.4) is 0 Å². The minimum Gasteiger partial charge on any atom is -0.340 e. The Morgan fingerprint density at radius 1 is 1.38 bits per heavy atom. The maximum atomic E-state index is 12.5. The molecule has 1 fully saturated rings. The fourth-order valence-electron chi connectivity index (χ4n) is 3.52. The van der Waals surface area contributed by atoms with Gasteiger partial charge in [0.1, 0.15) is 0 Å². The van der Waals surface area contributed by atoms with E-state index in [1.165, 1.54) is 5.56 Å². The first-order valence-electron chi connectivity index (χ1n) is 8.06. The molecule has 24 heavy (non-hydrogen) atoms. The van der Waals surface area contributed by atoms with Crippen molar-refractivity contribution in [3.63, 3.8) is 0 Å². The Kier molecular flexibility index (Phi) is 3.55. The Morgan fingerprint density at radius 3 is 3.00 bits per heavy atom. The number of carbonyl (C=O) groups excluding carboxylic acids is 2. The summed E-state index contributed by atoms with van der Waals surface area (Å²) in [4.78, 5) is 32.6. The van der Waals surface area contributed by atoms with Crippen LogP contribution in [0.5, 0.6) is 0 Å². The summed E-state index contributed by atoms with van der Waals surface area (Å²) in [6, 6.07) is 8.08. The second-order valence-electron chi connectivity index (χ2n) is 6.23. The normalized spacial score (nSPS) is 19.9. The van der Waals surface area contributed by atoms with Crippen LogP contribution in [0.2, 0.25) is 0 Å². The van der Waals surface area contributed by atoms with Crippen LogP contribution in [0.25, 0.3) is 0 Å². The van der Waals surface area contributed by atoms with Crippen LogP contribution >= 0.6 is 0 Å². The Hall–Kier alpha value is -2.70. The number of hydrogen-bond donors (Lipinski definition) is 0. The Bertz CT molecular complexity index is 801. The van der Waals surface area contributed by atoms with E-state index in [-0.39, 0.29) is 30.8 Å². The molecule has 3 heterocycles. The molecular formula is C17H18N4O3. The maximum Gasteiger partial charge on any atom is 0.242 e. The van der Waals surface area contributed by atoms with E-state index in [1.807, 2.05) is 17.0 Å². The highest BCUT2D eigenvalue weighted by atomic mass is 16.5. The van der Waals surface area contributed by atoms with E-state index in [1.54, 1.807) is 11.8 Å². The minimum absolute atomic E-state index is 0.00149. The number of rotatable bonds is 2. The summed E-state index contributed by atoms with van der Waals surface area (Å²) in [5, 5.41) is 3.76. The number of aromatic nitrogens is 2. The maximum absolute atomic E-state index is 12.5. The Balaban J connectivity index is 1.55. The zero-order valence-corrected chi connectivity index (χ0v) is 13.4. The van der Waals surface area contributed by atoms with E-state index in [0.717, 1.165) is 12.0 Å². The van der Waals surface area contributed by atoms with Crippen molar-refractivity contribution in [3.8, 4) is 0 Å². The molecule has 0 saturated carbocycles. The number of amides is 2. The van der Waals surface area contributed by atoms with E-state index in [4.69, 9.17) is 4.52 Å². The highest BCUT2D eigenvalue weighted by molar-refractivity contribution is 5.87. The van der Waals surface area contributed by atoms with Crippen LogP contribution < -0.4 is 0 Å². The van der Waals surface area contributed by atoms with Crippen molar-refractivity contribution in [2.24, 2.45) is 0 Å². The second-order valence-corrected chi connectivity index (χ2v) is 6.23. The number of benzene rings is 1. The van der Waals surface area contributed by atoms with Crippen LogP contribution in [-0.4, -0.2) is 51.4 Å². The van der Waals surface area contributed by atoms with E-state index in [9.17, 15) is 9.59 Å². The van der Waals surface area contributed by atoms with Gasteiger partial charge >= 0.3 is 0 Å². The summed E-state index contributed by atoms with van der Waals surface area (Å²) in [7, 11) is 0. The summed E-state index contributed by atoms with van der Waals surface area (Å²) in [5.74, 6) is 0.640. The fourth-order valence-corrected chi connectivity index (χ4v) is 3.52. The molecule has 124 valence electrons. The number of fused-ring (bicyclic) bond motifs is 3. The monoisotopic (exact) mass is 326 g/mol. The van der Waals surface area contributed by atoms with Crippen LogP contribution in [0.15, 0.2) is 28.8 Å². The van der Waals surface area contributed by atoms with Crippen molar-refractivity contribution in [1.82, 2.24) is 19.9 Å². The van der Waals surface area contributed by atoms with E-state index in [2.05, 4.69) is 22.3 Å². The molecule has 1 atom stereocenters. The van der Waals surface area contributed by atoms with Crippen molar-refractivity contribution < 1.29 is 14.1 Å². The lowest BCUT2D eigenvalue weighted by molar-refractivity contribution is -0.149. The number of piperazine rings is 1. The van der Waals surface area contributed by atoms with E-state index >= 15 is 0 Å². The van der Waals surface area contributed by atoms with E-state index < -0.39 is 0 Å². The molecule has 2 aliphatic rings. The van der Waals surface area contributed by atoms with Gasteiger partial charge in [0.2, 0.25) is 17.7 Å². The van der Waals surface area contributed by atoms with Crippen LogP contribution in [0.1, 0.15) is 28.9 Å². The molecule has 1 aromatic heterocycles. The molecule has 1 aromatic carbocycles. The first-order valence-corrected chi connectivity index (χ1v) is 8.06. The molecule has 0 radical (unpaired) electrons. The molecule has 1 saturated heterocycles. The molecule has 0 bridgehead atoms. The first kappa shape index (κ1) is 14.9. The van der Waals surface area contributed by atoms with Gasteiger partial charge in [0.25, 0.3) is 0 Å². The highest BCUT2D eigenvalue weighted by Gasteiger charge is 2.38. The summed E-state index contributed by atoms with van der Waals surface area (Å²) in [6.07, 6.45) is 0.924. The molecule has 2 aliphatic heterocycles. The van der Waals surface area contributed by atoms with E-state index in [0.29, 0.717) is 24.8 Å². The summed E-state index contributed by atoms with van der Waals surface area (Å²) in [5.41, 5.74) is 2.40. The Morgan fingerprint density at radius 2 is 2.21 bits per heavy atom. The van der Waals surface area contributed by atoms with Crippen molar-refractivity contribution in [3.05, 3.63) is 47.1 Å². The summed E-state index contributed by atoms with van der Waals surface area (Å²) in [6.45, 7) is 3.03. The largest absolute Gasteiger partial charge is 0.340 e. The number of hydrogen-bond acceptors (Lipinski definition) is 5. The number of nitrogens with zero attached hydrogens (tertiary/aromatic N) is 4. The number of carbonyl (C=O) groups is 2. The molecule has 7 heteroatoms. The molecule has 2 aromatic rings. The zero-order chi connectivity index (χ0) is 16.7. The second kappa shape index (κ2) is 5.74. The topological polar surface area (TPSA) is 79.5 Å². The predicted molar refractivity (Wildman–Crippen MR) is 83.9 cm³/mol. The van der Waals surface area contributed by atoms with Crippen LogP contribution in [-0.2, 0) is 22.4 Å². The van der Waals surface area contributed by atoms with Gasteiger partial charge in [-0.3, -0.25) is 9.59 Å². The lowest BCUT2D eigenvalue weighted by atomic mass is 9.90. The third-order valence-electron chi connectivity index (χ3n) is 4.68. The lowest BCUT2D eigenvalue weighted by Gasteiger charge is -2.44. The van der Waals surface area contributed by atoms with Gasteiger partial charge < -0.3 is 14.3 Å². The van der Waals surface area contributed by atoms with Crippen LogP contribution in [0, 0.1) is 6.92 Å². The zero-order valence-electron chi connectivity index (χ0n) is 13.4. The van der Waals surface area contributed by atoms with Gasteiger partial charge in [0, 0.05) is 20.0 Å². The average molecular weight is 326 g/mol. The lowest BCUT2D eigenvalue weighted by Crippen LogP contribution is -2.56. The molecule has 0 N–H and O–H groups in total. The SMILES string of the molecule is Cc1nc(CC(=O)N2CC(=O)N3CCc4ccccc4C3C2)no1.